The van der Waals surface area contributed by atoms with E-state index in [4.69, 9.17) is 9.47 Å². The van der Waals surface area contributed by atoms with E-state index in [1.807, 2.05) is 0 Å². The Morgan fingerprint density at radius 1 is 0.962 bits per heavy atom. The van der Waals surface area contributed by atoms with Gasteiger partial charge in [-0.25, -0.2) is 13.5 Å². The van der Waals surface area contributed by atoms with Gasteiger partial charge >= 0.3 is 0 Å². The number of halogens is 2. The van der Waals surface area contributed by atoms with Crippen LogP contribution in [-0.4, -0.2) is 24.0 Å². The van der Waals surface area contributed by atoms with Crippen molar-refractivity contribution >= 4 is 0 Å². The molecule has 26 heavy (non-hydrogen) atoms. The van der Waals surface area contributed by atoms with Gasteiger partial charge in [0.25, 0.3) is 5.56 Å². The van der Waals surface area contributed by atoms with E-state index in [0.717, 1.165) is 22.9 Å². The van der Waals surface area contributed by atoms with Crippen molar-refractivity contribution in [2.24, 2.45) is 0 Å². The molecule has 1 heterocycles. The maximum atomic E-state index is 13.9. The van der Waals surface area contributed by atoms with Crippen molar-refractivity contribution in [1.29, 1.82) is 0 Å². The molecule has 0 aliphatic rings. The second-order valence-corrected chi connectivity index (χ2v) is 5.52. The van der Waals surface area contributed by atoms with Crippen LogP contribution in [0.15, 0.2) is 53.3 Å². The molecule has 0 aliphatic carbocycles. The standard InChI is InChI=1S/C19H16F2N2O3/c1-25-17-7-3-12(10-18(17)26-2)16-6-8-19(24)23(22-16)11-13-9-14(20)4-5-15(13)21/h3-10H,11H2,1-2H3. The van der Waals surface area contributed by atoms with Gasteiger partial charge in [0.2, 0.25) is 0 Å². The summed E-state index contributed by atoms with van der Waals surface area (Å²) in [5.74, 6) is -0.103. The molecule has 0 bridgehead atoms. The molecule has 5 nitrogen and oxygen atoms in total. The monoisotopic (exact) mass is 358 g/mol. The number of ether oxygens (including phenoxy) is 2. The molecular weight excluding hydrogens is 342 g/mol. The number of aromatic nitrogens is 2. The minimum Gasteiger partial charge on any atom is -0.493 e. The summed E-state index contributed by atoms with van der Waals surface area (Å²) >= 11 is 0. The maximum Gasteiger partial charge on any atom is 0.267 e. The summed E-state index contributed by atoms with van der Waals surface area (Å²) < 4.78 is 38.7. The summed E-state index contributed by atoms with van der Waals surface area (Å²) in [5.41, 5.74) is 0.806. The first-order valence-corrected chi connectivity index (χ1v) is 7.76. The average Bonchev–Trinajstić information content (AvgIpc) is 2.65. The Bertz CT molecular complexity index is 1000. The van der Waals surface area contributed by atoms with Gasteiger partial charge in [0.05, 0.1) is 26.5 Å². The highest BCUT2D eigenvalue weighted by Gasteiger charge is 2.11. The second kappa shape index (κ2) is 7.35. The summed E-state index contributed by atoms with van der Waals surface area (Å²) in [7, 11) is 3.05. The van der Waals surface area contributed by atoms with Crippen LogP contribution in [0, 0.1) is 11.6 Å². The molecule has 0 fully saturated rings. The van der Waals surface area contributed by atoms with Crippen LogP contribution in [-0.2, 0) is 6.54 Å². The van der Waals surface area contributed by atoms with Gasteiger partial charge in [0, 0.05) is 17.2 Å². The van der Waals surface area contributed by atoms with E-state index in [2.05, 4.69) is 5.10 Å². The molecule has 0 aliphatic heterocycles. The third kappa shape index (κ3) is 3.56. The number of hydrogen-bond donors (Lipinski definition) is 0. The van der Waals surface area contributed by atoms with E-state index in [-0.39, 0.29) is 12.1 Å². The van der Waals surface area contributed by atoms with E-state index in [0.29, 0.717) is 22.8 Å². The van der Waals surface area contributed by atoms with Crippen molar-refractivity contribution in [3.05, 3.63) is 76.1 Å². The predicted octanol–water partition coefficient (Wildman–Crippen LogP) is 3.25. The molecule has 0 amide bonds. The van der Waals surface area contributed by atoms with Gasteiger partial charge in [-0.2, -0.15) is 5.10 Å². The van der Waals surface area contributed by atoms with Crippen LogP contribution in [0.2, 0.25) is 0 Å². The molecule has 0 saturated heterocycles. The zero-order valence-electron chi connectivity index (χ0n) is 14.2. The third-order valence-corrected chi connectivity index (χ3v) is 3.87. The van der Waals surface area contributed by atoms with Crippen molar-refractivity contribution in [3.63, 3.8) is 0 Å². The summed E-state index contributed by atoms with van der Waals surface area (Å²) in [6.45, 7) is -0.177. The van der Waals surface area contributed by atoms with Gasteiger partial charge < -0.3 is 9.47 Å². The zero-order valence-corrected chi connectivity index (χ0v) is 14.2. The highest BCUT2D eigenvalue weighted by Crippen LogP contribution is 2.31. The van der Waals surface area contributed by atoms with Gasteiger partial charge in [0.15, 0.2) is 11.5 Å². The molecule has 0 spiro atoms. The highest BCUT2D eigenvalue weighted by molar-refractivity contribution is 5.63. The maximum absolute atomic E-state index is 13.9. The molecule has 7 heteroatoms. The van der Waals surface area contributed by atoms with E-state index in [1.54, 1.807) is 24.3 Å². The lowest BCUT2D eigenvalue weighted by molar-refractivity contribution is 0.355. The molecular formula is C19H16F2N2O3. The number of hydrogen-bond acceptors (Lipinski definition) is 4. The number of nitrogens with zero attached hydrogens (tertiary/aromatic N) is 2. The minimum atomic E-state index is -0.600. The van der Waals surface area contributed by atoms with Crippen LogP contribution in [0.1, 0.15) is 5.56 Å². The van der Waals surface area contributed by atoms with Crippen molar-refractivity contribution < 1.29 is 18.3 Å². The van der Waals surface area contributed by atoms with E-state index in [1.165, 1.54) is 20.3 Å². The van der Waals surface area contributed by atoms with Gasteiger partial charge in [-0.05, 0) is 42.5 Å². The fraction of sp³-hybridized carbons (Fsp3) is 0.158. The molecule has 3 rings (SSSR count). The van der Waals surface area contributed by atoms with Crippen LogP contribution in [0.3, 0.4) is 0 Å². The van der Waals surface area contributed by atoms with E-state index in [9.17, 15) is 13.6 Å². The Kier molecular flexibility index (Phi) is 4.97. The van der Waals surface area contributed by atoms with Gasteiger partial charge in [-0.3, -0.25) is 4.79 Å². The lowest BCUT2D eigenvalue weighted by Gasteiger charge is -2.11. The molecule has 0 saturated carbocycles. The lowest BCUT2D eigenvalue weighted by atomic mass is 10.1. The topological polar surface area (TPSA) is 53.4 Å². The third-order valence-electron chi connectivity index (χ3n) is 3.87. The molecule has 2 aromatic carbocycles. The van der Waals surface area contributed by atoms with Crippen molar-refractivity contribution in [1.82, 2.24) is 9.78 Å². The first-order valence-electron chi connectivity index (χ1n) is 7.76. The SMILES string of the molecule is COc1ccc(-c2ccc(=O)n(Cc3cc(F)ccc3F)n2)cc1OC. The zero-order chi connectivity index (χ0) is 18.7. The van der Waals surface area contributed by atoms with Crippen LogP contribution in [0.4, 0.5) is 8.78 Å². The first-order chi connectivity index (χ1) is 12.5. The Balaban J connectivity index is 2.00. The summed E-state index contributed by atoms with van der Waals surface area (Å²) in [5, 5.41) is 4.26. The molecule has 0 unspecified atom stereocenters. The molecule has 3 aromatic rings. The molecule has 0 atom stereocenters. The smallest absolute Gasteiger partial charge is 0.267 e. The molecule has 0 radical (unpaired) electrons. The fourth-order valence-corrected chi connectivity index (χ4v) is 2.54. The normalized spacial score (nSPS) is 10.6. The Morgan fingerprint density at radius 3 is 2.46 bits per heavy atom. The molecule has 134 valence electrons. The number of rotatable bonds is 5. The second-order valence-electron chi connectivity index (χ2n) is 5.52. The van der Waals surface area contributed by atoms with Gasteiger partial charge in [0.1, 0.15) is 11.6 Å². The number of methoxy groups -OCH3 is 2. The van der Waals surface area contributed by atoms with Crippen LogP contribution < -0.4 is 15.0 Å². The largest absolute Gasteiger partial charge is 0.493 e. The number of benzene rings is 2. The van der Waals surface area contributed by atoms with E-state index < -0.39 is 17.2 Å². The van der Waals surface area contributed by atoms with E-state index >= 15 is 0 Å². The molecule has 1 aromatic heterocycles. The van der Waals surface area contributed by atoms with Crippen molar-refractivity contribution in [2.45, 2.75) is 6.54 Å². The van der Waals surface area contributed by atoms with Crippen molar-refractivity contribution in [3.8, 4) is 22.8 Å². The summed E-state index contributed by atoms with van der Waals surface area (Å²) in [6.07, 6.45) is 0. The Morgan fingerprint density at radius 2 is 1.73 bits per heavy atom. The minimum absolute atomic E-state index is 0.0454. The van der Waals surface area contributed by atoms with Crippen LogP contribution >= 0.6 is 0 Å². The molecule has 0 N–H and O–H groups in total. The summed E-state index contributed by atoms with van der Waals surface area (Å²) in [4.78, 5) is 12.1. The Labute approximate surface area is 148 Å². The quantitative estimate of drug-likeness (QED) is 0.703. The van der Waals surface area contributed by atoms with Gasteiger partial charge in [-0.1, -0.05) is 0 Å². The van der Waals surface area contributed by atoms with Gasteiger partial charge in [-0.15, -0.1) is 0 Å². The lowest BCUT2D eigenvalue weighted by Crippen LogP contribution is -2.23. The first kappa shape index (κ1) is 17.6. The highest BCUT2D eigenvalue weighted by atomic mass is 19.1. The average molecular weight is 358 g/mol. The van der Waals surface area contributed by atoms with Crippen molar-refractivity contribution in [2.75, 3.05) is 14.2 Å². The van der Waals surface area contributed by atoms with Crippen LogP contribution in [0.25, 0.3) is 11.3 Å². The predicted molar refractivity (Wildman–Crippen MR) is 92.5 cm³/mol. The fourth-order valence-electron chi connectivity index (χ4n) is 2.54. The Hall–Kier alpha value is -3.22. The summed E-state index contributed by atoms with van der Waals surface area (Å²) in [6, 6.07) is 11.2. The van der Waals surface area contributed by atoms with Crippen LogP contribution in [0.5, 0.6) is 11.5 Å².